The van der Waals surface area contributed by atoms with E-state index in [1.807, 2.05) is 6.08 Å². The van der Waals surface area contributed by atoms with E-state index in [0.717, 1.165) is 76.7 Å². The van der Waals surface area contributed by atoms with Crippen molar-refractivity contribution in [2.45, 2.75) is 186 Å². The van der Waals surface area contributed by atoms with Crippen LogP contribution in [0.5, 0.6) is 0 Å². The molecule has 4 unspecified atom stereocenters. The highest BCUT2D eigenvalue weighted by Crippen LogP contribution is 2.57. The smallest absolute Gasteiger partial charge is 0.284 e. The summed E-state index contributed by atoms with van der Waals surface area (Å²) in [5.41, 5.74) is 12.7. The number of hydrogen-bond donors (Lipinski definition) is 2. The van der Waals surface area contributed by atoms with E-state index in [2.05, 4.69) is 227 Å². The molecule has 1 saturated carbocycles. The second-order valence-corrected chi connectivity index (χ2v) is 24.8. The Bertz CT molecular complexity index is 2300. The van der Waals surface area contributed by atoms with Gasteiger partial charge in [0.1, 0.15) is 5.58 Å². The Morgan fingerprint density at radius 3 is 1.93 bits per heavy atom. The first-order chi connectivity index (χ1) is 32.2. The molecule has 0 amide bonds. The second-order valence-electron chi connectivity index (χ2n) is 24.8. The van der Waals surface area contributed by atoms with Crippen molar-refractivity contribution in [2.24, 2.45) is 39.9 Å². The molecule has 0 spiro atoms. The van der Waals surface area contributed by atoms with Crippen LogP contribution >= 0.6 is 0 Å². The van der Waals surface area contributed by atoms with Gasteiger partial charge in [0.05, 0.1) is 5.66 Å². The Morgan fingerprint density at radius 2 is 1.42 bits per heavy atom. The largest absolute Gasteiger partial charge is 0.470 e. The molecule has 0 saturated heterocycles. The summed E-state index contributed by atoms with van der Waals surface area (Å²) in [4.78, 5) is 0. The summed E-state index contributed by atoms with van der Waals surface area (Å²) >= 11 is 0. The maximum atomic E-state index is 7.23. The quantitative estimate of drug-likeness (QED) is 0.0662. The number of furan rings is 1. The Labute approximate surface area is 424 Å². The van der Waals surface area contributed by atoms with Crippen LogP contribution in [0.4, 0.5) is 0 Å². The molecule has 376 valence electrons. The normalized spacial score (nSPS) is 21.6. The maximum Gasteiger partial charge on any atom is 0.284 e. The molecule has 3 nitrogen and oxygen atoms in total. The third-order valence-electron chi connectivity index (χ3n) is 16.0. The molecule has 2 aromatic rings. The summed E-state index contributed by atoms with van der Waals surface area (Å²) in [6.07, 6.45) is 32.6. The van der Waals surface area contributed by atoms with Crippen molar-refractivity contribution >= 4 is 23.3 Å². The fourth-order valence-corrected chi connectivity index (χ4v) is 10.7. The first kappa shape index (κ1) is 57.1. The molecule has 2 bridgehead atoms. The number of allylic oxidation sites excluding steroid dienone is 13. The average Bonchev–Trinajstić information content (AvgIpc) is 3.69. The molecule has 2 N–H and O–H groups in total. The van der Waals surface area contributed by atoms with Gasteiger partial charge in [0, 0.05) is 16.8 Å². The SMILES string of the molecule is C=C/C(=C\C=C\B(C(=C\N/C(=C/C(=C/CC)C(C)CC)C(=C)C)/C(=C\C(=C)C(C)CCCC)N/C=C/C(C(C=C)C(C)(C)C)C(C)(C)C)c1cc2cc3c(cc2o1)C1(C)CCC3(C)CC1)C(C)(C)C. The summed E-state index contributed by atoms with van der Waals surface area (Å²) < 4.78 is 7.23. The summed E-state index contributed by atoms with van der Waals surface area (Å²) in [5, 5.41) is 8.98. The van der Waals surface area contributed by atoms with Crippen LogP contribution in [0.25, 0.3) is 11.0 Å². The van der Waals surface area contributed by atoms with Crippen LogP contribution in [0, 0.1) is 39.9 Å². The lowest BCUT2D eigenvalue weighted by atomic mass is 9.41. The summed E-state index contributed by atoms with van der Waals surface area (Å²) in [7, 11) is 0. The van der Waals surface area contributed by atoms with Crippen molar-refractivity contribution in [3.63, 3.8) is 0 Å². The number of nitrogens with one attached hydrogen (secondary N) is 2. The fourth-order valence-electron chi connectivity index (χ4n) is 10.7. The third kappa shape index (κ3) is 14.4. The summed E-state index contributed by atoms with van der Waals surface area (Å²) in [5.74, 6) is 3.50. The molecule has 1 fully saturated rings. The van der Waals surface area contributed by atoms with Crippen molar-refractivity contribution in [3.8, 4) is 0 Å². The highest BCUT2D eigenvalue weighted by molar-refractivity contribution is 6.84. The minimum Gasteiger partial charge on any atom is -0.470 e. The molecule has 1 aromatic heterocycles. The van der Waals surface area contributed by atoms with Gasteiger partial charge in [0.2, 0.25) is 0 Å². The lowest BCUT2D eigenvalue weighted by Gasteiger charge is -2.52. The van der Waals surface area contributed by atoms with Crippen LogP contribution in [0.2, 0.25) is 0 Å². The zero-order valence-electron chi connectivity index (χ0n) is 47.1. The Hall–Kier alpha value is -4.44. The van der Waals surface area contributed by atoms with Gasteiger partial charge in [-0.3, -0.25) is 0 Å². The van der Waals surface area contributed by atoms with Crippen molar-refractivity contribution in [3.05, 3.63) is 162 Å². The number of hydrogen-bond acceptors (Lipinski definition) is 3. The first-order valence-corrected chi connectivity index (χ1v) is 26.8. The zero-order chi connectivity index (χ0) is 51.7. The van der Waals surface area contributed by atoms with Gasteiger partial charge in [-0.25, -0.2) is 0 Å². The van der Waals surface area contributed by atoms with E-state index >= 15 is 0 Å². The van der Waals surface area contributed by atoms with E-state index in [-0.39, 0.29) is 45.6 Å². The predicted octanol–water partition coefficient (Wildman–Crippen LogP) is 18.2. The molecule has 1 heterocycles. The monoisotopic (exact) mass is 933 g/mol. The van der Waals surface area contributed by atoms with E-state index in [4.69, 9.17) is 11.0 Å². The van der Waals surface area contributed by atoms with Gasteiger partial charge >= 0.3 is 0 Å². The molecule has 5 rings (SSSR count). The lowest BCUT2D eigenvalue weighted by molar-refractivity contribution is 0.143. The molecule has 3 aliphatic rings. The Morgan fingerprint density at radius 1 is 0.812 bits per heavy atom. The summed E-state index contributed by atoms with van der Waals surface area (Å²) in [6, 6.07) is 7.18. The van der Waals surface area contributed by atoms with Crippen molar-refractivity contribution in [1.82, 2.24) is 10.6 Å². The van der Waals surface area contributed by atoms with E-state index in [1.165, 1.54) is 48.0 Å². The zero-order valence-corrected chi connectivity index (χ0v) is 47.1. The predicted molar refractivity (Wildman–Crippen MR) is 308 cm³/mol. The van der Waals surface area contributed by atoms with Gasteiger partial charge in [-0.05, 0) is 179 Å². The van der Waals surface area contributed by atoms with Crippen LogP contribution in [0.3, 0.4) is 0 Å². The van der Waals surface area contributed by atoms with Crippen LogP contribution in [0.1, 0.15) is 187 Å². The topological polar surface area (TPSA) is 37.2 Å². The van der Waals surface area contributed by atoms with Crippen LogP contribution in [0.15, 0.2) is 155 Å². The molecular formula is C65H97BN2O. The molecular weight excluding hydrogens is 836 g/mol. The molecule has 4 heteroatoms. The lowest BCUT2D eigenvalue weighted by Crippen LogP contribution is -2.44. The van der Waals surface area contributed by atoms with E-state index in [1.54, 1.807) is 0 Å². The first-order valence-electron chi connectivity index (χ1n) is 26.8. The Balaban J connectivity index is 2.14. The van der Waals surface area contributed by atoms with Crippen molar-refractivity contribution in [2.75, 3.05) is 0 Å². The highest BCUT2D eigenvalue weighted by atomic mass is 16.3. The van der Waals surface area contributed by atoms with Gasteiger partial charge < -0.3 is 15.1 Å². The number of benzene rings is 1. The van der Waals surface area contributed by atoms with Gasteiger partial charge in [0.25, 0.3) is 6.71 Å². The molecule has 4 atom stereocenters. The number of fused-ring (bicyclic) bond motifs is 3. The van der Waals surface area contributed by atoms with Gasteiger partial charge in [-0.2, -0.15) is 0 Å². The van der Waals surface area contributed by atoms with Crippen LogP contribution in [-0.2, 0) is 10.8 Å². The maximum absolute atomic E-state index is 7.23. The summed E-state index contributed by atoms with van der Waals surface area (Å²) in [6.45, 7) is 56.7. The van der Waals surface area contributed by atoms with Crippen molar-refractivity contribution < 1.29 is 4.42 Å². The number of rotatable bonds is 23. The van der Waals surface area contributed by atoms with Crippen molar-refractivity contribution in [1.29, 1.82) is 0 Å². The minimum absolute atomic E-state index is 0.0121. The molecule has 0 aliphatic heterocycles. The van der Waals surface area contributed by atoms with Gasteiger partial charge in [-0.15, -0.1) is 12.6 Å². The standard InChI is InChI=1S/C65H97BN2O/c1-22-27-30-47(9)48(10)39-58(67-38-32-53(63(17,18)19)52(26-5)62(14,15)16)56(44-68-57(45(6)7)41-49(29-23-2)46(8)24-3)66(37-28-31-51(25-4)61(11,12)13)60-42-50-40-54-55(43-59(50)69-60)65(21)35-33-64(54,20)34-36-65/h25-26,28-29,31-32,37-44,46-47,52-53,67-68H,4-6,10,22-24,27,30,33-36H2,1-3,7-9,11-21H3/b37-28+,38-32+,49-29-,51-31+,56-44-,57-41+,58-39+. The molecule has 1 aromatic carbocycles. The molecule has 0 radical (unpaired) electrons. The van der Waals surface area contributed by atoms with E-state index < -0.39 is 0 Å². The number of unbranched alkanes of at least 4 members (excludes halogenated alkanes) is 1. The fraction of sp³-hybridized carbons (Fsp3) is 0.538. The molecule has 69 heavy (non-hydrogen) atoms. The van der Waals surface area contributed by atoms with Gasteiger partial charge in [0.15, 0.2) is 0 Å². The van der Waals surface area contributed by atoms with E-state index in [0.29, 0.717) is 11.8 Å². The third-order valence-corrected chi connectivity index (χ3v) is 16.0. The molecule has 3 aliphatic carbocycles. The average molecular weight is 933 g/mol. The Kier molecular flexibility index (Phi) is 19.6. The minimum atomic E-state index is -0.307. The highest BCUT2D eigenvalue weighted by Gasteiger charge is 2.48. The second kappa shape index (κ2) is 23.7. The van der Waals surface area contributed by atoms with Gasteiger partial charge in [-0.1, -0.05) is 185 Å². The van der Waals surface area contributed by atoms with E-state index in [9.17, 15) is 0 Å². The van der Waals surface area contributed by atoms with Crippen LogP contribution < -0.4 is 16.3 Å². The van der Waals surface area contributed by atoms with Crippen LogP contribution in [-0.4, -0.2) is 6.71 Å².